The maximum atomic E-state index is 2.48. The fraction of sp³-hybridized carbons (Fsp3) is 0.294. The molecular formula is C34H36. The van der Waals surface area contributed by atoms with Gasteiger partial charge in [0.1, 0.15) is 0 Å². The Hall–Kier alpha value is -3.12. The summed E-state index contributed by atoms with van der Waals surface area (Å²) in [6.07, 6.45) is 10.3. The fourth-order valence-corrected chi connectivity index (χ4v) is 5.51. The van der Waals surface area contributed by atoms with Gasteiger partial charge in [-0.2, -0.15) is 0 Å². The highest BCUT2D eigenvalue weighted by molar-refractivity contribution is 5.90. The van der Waals surface area contributed by atoms with Crippen molar-refractivity contribution in [2.24, 2.45) is 0 Å². The van der Waals surface area contributed by atoms with Crippen molar-refractivity contribution in [3.05, 3.63) is 111 Å². The van der Waals surface area contributed by atoms with E-state index in [4.69, 9.17) is 0 Å². The van der Waals surface area contributed by atoms with E-state index in [2.05, 4.69) is 127 Å². The molecule has 0 bridgehead atoms. The lowest BCUT2D eigenvalue weighted by Gasteiger charge is -2.27. The van der Waals surface area contributed by atoms with Crippen LogP contribution >= 0.6 is 0 Å². The van der Waals surface area contributed by atoms with Gasteiger partial charge in [-0.25, -0.2) is 0 Å². The third kappa shape index (κ3) is 3.80. The van der Waals surface area contributed by atoms with Crippen LogP contribution in [0.4, 0.5) is 0 Å². The van der Waals surface area contributed by atoms with Crippen molar-refractivity contribution in [1.29, 1.82) is 0 Å². The number of hydrogen-bond acceptors (Lipinski definition) is 0. The largest absolute Gasteiger partial charge is 0.0801 e. The van der Waals surface area contributed by atoms with Crippen LogP contribution in [0.5, 0.6) is 0 Å². The van der Waals surface area contributed by atoms with Gasteiger partial charge in [0, 0.05) is 0 Å². The molecule has 0 heteroatoms. The molecular weight excluding hydrogens is 408 g/mol. The topological polar surface area (TPSA) is 0 Å². The Bertz CT molecular complexity index is 1460. The zero-order valence-electron chi connectivity index (χ0n) is 21.7. The van der Waals surface area contributed by atoms with Gasteiger partial charge in [0.25, 0.3) is 0 Å². The third-order valence-corrected chi connectivity index (χ3v) is 7.33. The van der Waals surface area contributed by atoms with Gasteiger partial charge in [0.2, 0.25) is 0 Å². The molecule has 2 aliphatic rings. The molecule has 0 fully saturated rings. The van der Waals surface area contributed by atoms with E-state index in [1.807, 2.05) is 0 Å². The molecule has 0 saturated carbocycles. The maximum Gasteiger partial charge on any atom is -0.00881 e. The van der Waals surface area contributed by atoms with Crippen LogP contribution in [0.2, 0.25) is 0 Å². The first-order valence-electron chi connectivity index (χ1n) is 12.5. The molecule has 0 unspecified atom stereocenters. The zero-order chi connectivity index (χ0) is 24.3. The summed E-state index contributed by atoms with van der Waals surface area (Å²) in [4.78, 5) is 0. The molecule has 5 rings (SSSR count). The minimum Gasteiger partial charge on any atom is -0.0801 e. The van der Waals surface area contributed by atoms with E-state index < -0.39 is 0 Å². The molecule has 2 aliphatic carbocycles. The van der Waals surface area contributed by atoms with Crippen molar-refractivity contribution in [2.75, 3.05) is 0 Å². The summed E-state index contributed by atoms with van der Waals surface area (Å²) >= 11 is 0. The molecule has 0 radical (unpaired) electrons. The minimum atomic E-state index is 0.0123. The normalized spacial score (nSPS) is 15.6. The van der Waals surface area contributed by atoms with Crippen LogP contribution in [0.25, 0.3) is 28.3 Å². The van der Waals surface area contributed by atoms with Crippen LogP contribution in [-0.4, -0.2) is 0 Å². The molecule has 0 spiro atoms. The predicted octanol–water partition coefficient (Wildman–Crippen LogP) is 7.65. The summed E-state index contributed by atoms with van der Waals surface area (Å²) in [5.74, 6) is 0. The molecule has 0 atom stereocenters. The first kappa shape index (κ1) is 22.7. The van der Waals surface area contributed by atoms with Crippen LogP contribution in [0.1, 0.15) is 82.7 Å². The second kappa shape index (κ2) is 7.98. The van der Waals surface area contributed by atoms with E-state index in [0.717, 1.165) is 6.42 Å². The highest BCUT2D eigenvalue weighted by Gasteiger charge is 2.28. The lowest BCUT2D eigenvalue weighted by molar-refractivity contribution is 0.583. The van der Waals surface area contributed by atoms with Gasteiger partial charge >= 0.3 is 0 Å². The lowest BCUT2D eigenvalue weighted by atomic mass is 9.77. The molecule has 0 aromatic heterocycles. The van der Waals surface area contributed by atoms with Gasteiger partial charge in [0.05, 0.1) is 0 Å². The van der Waals surface area contributed by atoms with Crippen LogP contribution in [0.15, 0.2) is 72.8 Å². The van der Waals surface area contributed by atoms with Gasteiger partial charge in [-0.3, -0.25) is 0 Å². The number of hydrogen-bond donors (Lipinski definition) is 0. The van der Waals surface area contributed by atoms with E-state index >= 15 is 0 Å². The van der Waals surface area contributed by atoms with Crippen molar-refractivity contribution in [3.8, 4) is 11.1 Å². The van der Waals surface area contributed by atoms with Crippen molar-refractivity contribution in [3.63, 3.8) is 0 Å². The standard InChI is InChI=1S/C34H36/c1-22(23-13-9-8-10-14-23)28-21-29-27-18-17-26(33(2,3)4)19-25(27)20-30(29)31(24-15-11-12-16-24)32(28)34(5,6)7/h8-15,17-21H,16H2,1-7H3. The Kier molecular flexibility index (Phi) is 5.32. The van der Waals surface area contributed by atoms with E-state index in [-0.39, 0.29) is 10.8 Å². The molecule has 3 aromatic carbocycles. The molecule has 0 aliphatic heterocycles. The Morgan fingerprint density at radius 3 is 2.15 bits per heavy atom. The van der Waals surface area contributed by atoms with Crippen LogP contribution in [0.3, 0.4) is 0 Å². The minimum absolute atomic E-state index is 0.0123. The van der Waals surface area contributed by atoms with Crippen molar-refractivity contribution in [1.82, 2.24) is 0 Å². The fourth-order valence-electron chi connectivity index (χ4n) is 5.51. The highest BCUT2D eigenvalue weighted by atomic mass is 14.3. The first-order valence-corrected chi connectivity index (χ1v) is 12.5. The van der Waals surface area contributed by atoms with Gasteiger partial charge in [-0.15, -0.1) is 0 Å². The average Bonchev–Trinajstić information content (AvgIpc) is 3.44. The van der Waals surface area contributed by atoms with E-state index in [1.165, 1.54) is 60.5 Å². The predicted molar refractivity (Wildman–Crippen MR) is 148 cm³/mol. The number of fused-ring (bicyclic) bond motifs is 3. The molecule has 0 nitrogen and oxygen atoms in total. The van der Waals surface area contributed by atoms with Gasteiger partial charge in [-0.1, -0.05) is 108 Å². The maximum absolute atomic E-state index is 2.48. The highest BCUT2D eigenvalue weighted by Crippen LogP contribution is 2.37. The molecule has 0 heterocycles. The summed E-state index contributed by atoms with van der Waals surface area (Å²) < 4.78 is 0. The Morgan fingerprint density at radius 1 is 0.794 bits per heavy atom. The van der Waals surface area contributed by atoms with Gasteiger partial charge in [-0.05, 0) is 96.8 Å². The number of allylic oxidation sites excluding steroid dienone is 4. The molecule has 0 N–H and O–H groups in total. The Labute approximate surface area is 205 Å². The van der Waals surface area contributed by atoms with Crippen LogP contribution in [-0.2, 0) is 10.8 Å². The molecule has 172 valence electrons. The van der Waals surface area contributed by atoms with E-state index in [9.17, 15) is 0 Å². The SMILES string of the molecule is CC(c1ccccc1)=c1cc2c(c(C3=CC=CC3)c1C(C)(C)C)=Cc1cc(C(C)(C)C)ccc1-2. The number of rotatable bonds is 2. The average molecular weight is 445 g/mol. The Balaban J connectivity index is 1.92. The summed E-state index contributed by atoms with van der Waals surface area (Å²) in [7, 11) is 0. The van der Waals surface area contributed by atoms with Gasteiger partial charge < -0.3 is 0 Å². The monoisotopic (exact) mass is 444 g/mol. The second-order valence-electron chi connectivity index (χ2n) is 11.9. The molecule has 0 amide bonds. The Morgan fingerprint density at radius 2 is 1.53 bits per heavy atom. The van der Waals surface area contributed by atoms with Crippen LogP contribution in [0, 0.1) is 0 Å². The van der Waals surface area contributed by atoms with Crippen LogP contribution < -0.4 is 10.4 Å². The molecule has 0 saturated heterocycles. The van der Waals surface area contributed by atoms with Crippen molar-refractivity contribution < 1.29 is 0 Å². The summed E-state index contributed by atoms with van der Waals surface area (Å²) in [5.41, 5.74) is 12.6. The summed E-state index contributed by atoms with van der Waals surface area (Å²) in [6, 6.07) is 20.4. The second-order valence-corrected chi connectivity index (χ2v) is 11.9. The van der Waals surface area contributed by atoms with E-state index in [1.54, 1.807) is 0 Å². The molecule has 3 aromatic rings. The molecule has 34 heavy (non-hydrogen) atoms. The van der Waals surface area contributed by atoms with Gasteiger partial charge in [0.15, 0.2) is 0 Å². The quantitative estimate of drug-likeness (QED) is 0.298. The summed E-state index contributed by atoms with van der Waals surface area (Å²) in [6.45, 7) is 16.3. The first-order chi connectivity index (χ1) is 16.1. The summed E-state index contributed by atoms with van der Waals surface area (Å²) in [5, 5.41) is 2.77. The third-order valence-electron chi connectivity index (χ3n) is 7.33. The smallest absolute Gasteiger partial charge is 0.00881 e. The lowest BCUT2D eigenvalue weighted by Crippen LogP contribution is -2.32. The van der Waals surface area contributed by atoms with E-state index in [0.29, 0.717) is 0 Å². The van der Waals surface area contributed by atoms with Crippen molar-refractivity contribution >= 4 is 17.2 Å². The van der Waals surface area contributed by atoms with Crippen molar-refractivity contribution in [2.45, 2.75) is 65.7 Å². The zero-order valence-corrected chi connectivity index (χ0v) is 21.7. The number of benzene rings is 3.